The van der Waals surface area contributed by atoms with Gasteiger partial charge in [-0.05, 0) is 13.3 Å². The van der Waals surface area contributed by atoms with E-state index in [4.69, 9.17) is 4.74 Å². The van der Waals surface area contributed by atoms with Crippen molar-refractivity contribution in [1.29, 1.82) is 0 Å². The van der Waals surface area contributed by atoms with E-state index in [9.17, 15) is 4.79 Å². The van der Waals surface area contributed by atoms with Gasteiger partial charge in [0.05, 0.1) is 0 Å². The minimum absolute atomic E-state index is 0.169. The van der Waals surface area contributed by atoms with Crippen LogP contribution in [0.4, 0.5) is 4.79 Å². The molecule has 0 aromatic rings. The molecule has 0 aliphatic carbocycles. The van der Waals surface area contributed by atoms with Gasteiger partial charge in [-0.2, -0.15) is 4.99 Å². The summed E-state index contributed by atoms with van der Waals surface area (Å²) in [4.78, 5) is 15.0. The second-order valence-corrected chi connectivity index (χ2v) is 4.17. The molecule has 0 bridgehead atoms. The van der Waals surface area contributed by atoms with Crippen molar-refractivity contribution in [2.24, 2.45) is 4.99 Å². The predicted octanol–water partition coefficient (Wildman–Crippen LogP) is 2.00. The highest BCUT2D eigenvalue weighted by Crippen LogP contribution is 2.19. The summed E-state index contributed by atoms with van der Waals surface area (Å²) in [5, 5.41) is 3.20. The van der Waals surface area contributed by atoms with E-state index in [2.05, 4.69) is 17.2 Å². The Kier molecular flexibility index (Phi) is 4.79. The van der Waals surface area contributed by atoms with Gasteiger partial charge in [0.15, 0.2) is 0 Å². The lowest BCUT2D eigenvalue weighted by atomic mass is 10.3. The molecule has 1 heterocycles. The van der Waals surface area contributed by atoms with Crippen molar-refractivity contribution in [3.63, 3.8) is 0 Å². The molecule has 1 N–H and O–H groups in total. The first-order valence-electron chi connectivity index (χ1n) is 4.88. The Balaban J connectivity index is 2.25. The second kappa shape index (κ2) is 5.90. The van der Waals surface area contributed by atoms with Crippen LogP contribution < -0.4 is 5.32 Å². The molecule has 4 nitrogen and oxygen atoms in total. The Hall–Kier alpha value is -0.710. The first-order chi connectivity index (χ1) is 6.72. The number of hydrogen-bond acceptors (Lipinski definition) is 3. The fourth-order valence-corrected chi connectivity index (χ4v) is 1.81. The van der Waals surface area contributed by atoms with Crippen molar-refractivity contribution in [3.05, 3.63) is 0 Å². The van der Waals surface area contributed by atoms with E-state index < -0.39 is 0 Å². The van der Waals surface area contributed by atoms with E-state index in [1.54, 1.807) is 0 Å². The van der Waals surface area contributed by atoms with Crippen molar-refractivity contribution in [1.82, 2.24) is 5.32 Å². The lowest BCUT2D eigenvalue weighted by Crippen LogP contribution is -2.21. The van der Waals surface area contributed by atoms with E-state index in [-0.39, 0.29) is 12.1 Å². The average Bonchev–Trinajstić information content (AvgIpc) is 2.52. The third-order valence-corrected chi connectivity index (χ3v) is 2.81. The molecular formula is C9H16N2O2S. The highest BCUT2D eigenvalue weighted by Gasteiger charge is 2.19. The van der Waals surface area contributed by atoms with E-state index in [0.29, 0.717) is 11.8 Å². The fourth-order valence-electron chi connectivity index (χ4n) is 0.982. The molecule has 1 aliphatic heterocycles. The van der Waals surface area contributed by atoms with Crippen LogP contribution in [0.5, 0.6) is 0 Å². The average molecular weight is 216 g/mol. The molecule has 1 saturated heterocycles. The van der Waals surface area contributed by atoms with Gasteiger partial charge < -0.3 is 10.1 Å². The Morgan fingerprint density at radius 1 is 1.79 bits per heavy atom. The van der Waals surface area contributed by atoms with Crippen LogP contribution in [0.25, 0.3) is 0 Å². The van der Waals surface area contributed by atoms with Gasteiger partial charge in [0.2, 0.25) is 0 Å². The highest BCUT2D eigenvalue weighted by atomic mass is 32.2. The van der Waals surface area contributed by atoms with E-state index in [1.165, 1.54) is 11.8 Å². The molecule has 0 aromatic carbocycles. The highest BCUT2D eigenvalue weighted by molar-refractivity contribution is 8.13. The monoisotopic (exact) mass is 216 g/mol. The number of unbranched alkanes of at least 4 members (excludes halogenated alkanes) is 1. The summed E-state index contributed by atoms with van der Waals surface area (Å²) in [5.41, 5.74) is 0. The third kappa shape index (κ3) is 4.00. The van der Waals surface area contributed by atoms with Crippen molar-refractivity contribution in [2.45, 2.75) is 32.8 Å². The molecule has 1 atom stereocenters. The minimum atomic E-state index is -0.296. The minimum Gasteiger partial charge on any atom is -0.469 e. The maximum Gasteiger partial charge on any atom is 0.344 e. The quantitative estimate of drug-likeness (QED) is 0.734. The number of ether oxygens (including phenoxy) is 1. The number of carbonyl (C=O) groups excluding carboxylic acids is 1. The maximum atomic E-state index is 11.2. The van der Waals surface area contributed by atoms with Crippen LogP contribution in [0.1, 0.15) is 26.7 Å². The lowest BCUT2D eigenvalue weighted by Gasteiger charge is -2.01. The fraction of sp³-hybridized carbons (Fsp3) is 0.778. The van der Waals surface area contributed by atoms with Gasteiger partial charge in [-0.1, -0.05) is 25.1 Å². The SMILES string of the molecule is CCCCNC(=O)/N=C1\OC(C)CS1. The summed E-state index contributed by atoms with van der Waals surface area (Å²) < 4.78 is 5.29. The summed E-state index contributed by atoms with van der Waals surface area (Å²) in [6, 6.07) is -0.296. The molecule has 0 aromatic heterocycles. The Morgan fingerprint density at radius 3 is 3.14 bits per heavy atom. The molecule has 2 amide bonds. The second-order valence-electron chi connectivity index (χ2n) is 3.20. The summed E-state index contributed by atoms with van der Waals surface area (Å²) in [7, 11) is 0. The van der Waals surface area contributed by atoms with Crippen LogP contribution >= 0.6 is 11.8 Å². The zero-order chi connectivity index (χ0) is 10.4. The molecule has 1 unspecified atom stereocenters. The standard InChI is InChI=1S/C9H16N2O2S/c1-3-4-5-10-8(12)11-9-13-7(2)6-14-9/h7H,3-6H2,1-2H3,(H,10,12)/b11-9+. The molecule has 1 aliphatic rings. The van der Waals surface area contributed by atoms with Crippen LogP contribution in [-0.4, -0.2) is 29.7 Å². The maximum absolute atomic E-state index is 11.2. The van der Waals surface area contributed by atoms with E-state index in [0.717, 1.165) is 18.6 Å². The Labute approximate surface area is 88.5 Å². The number of rotatable bonds is 3. The molecule has 1 fully saturated rings. The summed E-state index contributed by atoms with van der Waals surface area (Å²) in [6.07, 6.45) is 2.22. The number of nitrogens with one attached hydrogen (secondary N) is 1. The van der Waals surface area contributed by atoms with Gasteiger partial charge in [0.1, 0.15) is 6.10 Å². The van der Waals surface area contributed by atoms with E-state index >= 15 is 0 Å². The van der Waals surface area contributed by atoms with Crippen molar-refractivity contribution < 1.29 is 9.53 Å². The molecule has 14 heavy (non-hydrogen) atoms. The largest absolute Gasteiger partial charge is 0.469 e. The number of amides is 2. The summed E-state index contributed by atoms with van der Waals surface area (Å²) in [5.74, 6) is 0.876. The Morgan fingerprint density at radius 2 is 2.57 bits per heavy atom. The first kappa shape index (κ1) is 11.4. The van der Waals surface area contributed by atoms with Crippen LogP contribution in [0.3, 0.4) is 0 Å². The van der Waals surface area contributed by atoms with Gasteiger partial charge in [-0.25, -0.2) is 4.79 Å². The van der Waals surface area contributed by atoms with Crippen LogP contribution in [0.2, 0.25) is 0 Å². The van der Waals surface area contributed by atoms with Gasteiger partial charge in [-0.15, -0.1) is 0 Å². The number of thioether (sulfide) groups is 1. The number of aliphatic imine (C=N–C) groups is 1. The zero-order valence-corrected chi connectivity index (χ0v) is 9.39. The lowest BCUT2D eigenvalue weighted by molar-refractivity contribution is 0.240. The summed E-state index contributed by atoms with van der Waals surface area (Å²) in [6.45, 7) is 4.73. The molecule has 1 rings (SSSR count). The van der Waals surface area contributed by atoms with Crippen molar-refractivity contribution in [2.75, 3.05) is 12.3 Å². The molecular weight excluding hydrogens is 200 g/mol. The van der Waals surface area contributed by atoms with Crippen LogP contribution in [0.15, 0.2) is 4.99 Å². The van der Waals surface area contributed by atoms with E-state index in [1.807, 2.05) is 6.92 Å². The number of nitrogens with zero attached hydrogens (tertiary/aromatic N) is 1. The van der Waals surface area contributed by atoms with Gasteiger partial charge in [-0.3, -0.25) is 0 Å². The topological polar surface area (TPSA) is 50.7 Å². The number of carbonyl (C=O) groups is 1. The molecule has 0 spiro atoms. The van der Waals surface area contributed by atoms with Crippen molar-refractivity contribution in [3.8, 4) is 0 Å². The smallest absolute Gasteiger partial charge is 0.344 e. The number of hydrogen-bond donors (Lipinski definition) is 1. The van der Waals surface area contributed by atoms with Gasteiger partial charge in [0, 0.05) is 12.3 Å². The summed E-state index contributed by atoms with van der Waals surface area (Å²) >= 11 is 1.48. The number of urea groups is 1. The van der Waals surface area contributed by atoms with Gasteiger partial charge >= 0.3 is 6.03 Å². The van der Waals surface area contributed by atoms with Gasteiger partial charge in [0.25, 0.3) is 5.23 Å². The first-order valence-corrected chi connectivity index (χ1v) is 5.87. The zero-order valence-electron chi connectivity index (χ0n) is 8.58. The third-order valence-electron chi connectivity index (χ3n) is 1.74. The molecule has 0 radical (unpaired) electrons. The molecule has 80 valence electrons. The van der Waals surface area contributed by atoms with Crippen molar-refractivity contribution >= 4 is 23.0 Å². The molecule has 5 heteroatoms. The Bertz CT molecular complexity index is 231. The normalized spacial score (nSPS) is 23.6. The van der Waals surface area contributed by atoms with Crippen LogP contribution in [0, 0.1) is 0 Å². The van der Waals surface area contributed by atoms with Crippen LogP contribution in [-0.2, 0) is 4.74 Å². The predicted molar refractivity (Wildman–Crippen MR) is 58.7 cm³/mol. The molecule has 0 saturated carbocycles.